The van der Waals surface area contributed by atoms with Crippen molar-refractivity contribution in [2.75, 3.05) is 13.1 Å². The van der Waals surface area contributed by atoms with Crippen molar-refractivity contribution in [3.8, 4) is 0 Å². The third-order valence-electron chi connectivity index (χ3n) is 3.91. The second-order valence-corrected chi connectivity index (χ2v) is 12.2. The lowest BCUT2D eigenvalue weighted by Gasteiger charge is -2.30. The van der Waals surface area contributed by atoms with Crippen molar-refractivity contribution < 1.29 is 16.8 Å². The van der Waals surface area contributed by atoms with Crippen LogP contribution in [0.25, 0.3) is 0 Å². The minimum absolute atomic E-state index is 0.0778. The fourth-order valence-electron chi connectivity index (χ4n) is 2.63. The van der Waals surface area contributed by atoms with Crippen molar-refractivity contribution in [1.82, 2.24) is 19.1 Å². The molecule has 12 heteroatoms. The van der Waals surface area contributed by atoms with Crippen molar-refractivity contribution in [2.24, 2.45) is 7.05 Å². The Morgan fingerprint density at radius 2 is 1.88 bits per heavy atom. The molecule has 0 N–H and O–H groups in total. The van der Waals surface area contributed by atoms with Gasteiger partial charge in [-0.2, -0.15) is 4.31 Å². The van der Waals surface area contributed by atoms with Crippen LogP contribution < -0.4 is 0 Å². The Balaban J connectivity index is 1.76. The Kier molecular flexibility index (Phi) is 4.86. The molecule has 0 aromatic carbocycles. The number of hydrogen-bond donors (Lipinski definition) is 0. The minimum atomic E-state index is -3.62. The fraction of sp³-hybridized carbons (Fsp3) is 0.500. The summed E-state index contributed by atoms with van der Waals surface area (Å²) in [7, 11) is -5.62. The smallest absolute Gasteiger partial charge is 0.252 e. The summed E-state index contributed by atoms with van der Waals surface area (Å²) in [6.45, 7) is 0.333. The standard InChI is InChI=1S/C12H15BrN4O4S3/c1-16-8-14-15-12(16)23(18,19)9-4-6-17(7-5-9)24(20,21)11-3-2-10(13)22-11/h2-3,8-9H,4-7H2,1H3. The van der Waals surface area contributed by atoms with Gasteiger partial charge in [0.15, 0.2) is 0 Å². The summed E-state index contributed by atoms with van der Waals surface area (Å²) in [5.74, 6) is 0. The molecule has 0 atom stereocenters. The summed E-state index contributed by atoms with van der Waals surface area (Å²) in [5, 5.41) is 6.55. The van der Waals surface area contributed by atoms with Crippen LogP contribution in [0.5, 0.6) is 0 Å². The molecule has 0 spiro atoms. The Labute approximate surface area is 152 Å². The number of aromatic nitrogens is 3. The molecule has 0 unspecified atom stereocenters. The zero-order valence-corrected chi connectivity index (χ0v) is 16.7. The van der Waals surface area contributed by atoms with E-state index in [-0.39, 0.29) is 35.3 Å². The van der Waals surface area contributed by atoms with Crippen LogP contribution in [0, 0.1) is 0 Å². The van der Waals surface area contributed by atoms with Gasteiger partial charge in [-0.15, -0.1) is 21.5 Å². The van der Waals surface area contributed by atoms with E-state index < -0.39 is 25.1 Å². The lowest BCUT2D eigenvalue weighted by atomic mass is 10.2. The number of nitrogens with zero attached hydrogens (tertiary/aromatic N) is 4. The highest BCUT2D eigenvalue weighted by Gasteiger charge is 2.38. The molecule has 1 aliphatic heterocycles. The van der Waals surface area contributed by atoms with Gasteiger partial charge in [0.25, 0.3) is 10.0 Å². The lowest BCUT2D eigenvalue weighted by molar-refractivity contribution is 0.345. The molecule has 2 aromatic rings. The first-order valence-electron chi connectivity index (χ1n) is 7.06. The first-order valence-corrected chi connectivity index (χ1v) is 11.7. The molecule has 2 aromatic heterocycles. The monoisotopic (exact) mass is 454 g/mol. The van der Waals surface area contributed by atoms with Crippen LogP contribution in [0.15, 0.2) is 31.6 Å². The predicted octanol–water partition coefficient (Wildman–Crippen LogP) is 1.27. The van der Waals surface area contributed by atoms with E-state index in [1.807, 2.05) is 0 Å². The number of piperidine rings is 1. The molecule has 3 heterocycles. The van der Waals surface area contributed by atoms with E-state index in [2.05, 4.69) is 26.1 Å². The van der Waals surface area contributed by atoms with Gasteiger partial charge in [-0.3, -0.25) is 0 Å². The van der Waals surface area contributed by atoms with Crippen LogP contribution in [0.1, 0.15) is 12.8 Å². The van der Waals surface area contributed by atoms with Crippen molar-refractivity contribution in [2.45, 2.75) is 27.5 Å². The zero-order chi connectivity index (χ0) is 17.5. The van der Waals surface area contributed by atoms with Gasteiger partial charge in [0.1, 0.15) is 10.5 Å². The zero-order valence-electron chi connectivity index (χ0n) is 12.7. The molecule has 1 fully saturated rings. The molecule has 0 saturated carbocycles. The van der Waals surface area contributed by atoms with Gasteiger partial charge in [0.2, 0.25) is 15.0 Å². The number of thiophene rings is 1. The normalized spacial score (nSPS) is 18.1. The highest BCUT2D eigenvalue weighted by Crippen LogP contribution is 2.31. The molecule has 8 nitrogen and oxygen atoms in total. The van der Waals surface area contributed by atoms with Crippen molar-refractivity contribution >= 4 is 47.1 Å². The summed E-state index contributed by atoms with van der Waals surface area (Å²) in [5.41, 5.74) is 0. The molecular formula is C12H15BrN4O4S3. The van der Waals surface area contributed by atoms with E-state index in [0.29, 0.717) is 0 Å². The third kappa shape index (κ3) is 3.17. The Morgan fingerprint density at radius 1 is 1.21 bits per heavy atom. The van der Waals surface area contributed by atoms with Gasteiger partial charge in [-0.1, -0.05) is 0 Å². The van der Waals surface area contributed by atoms with E-state index in [4.69, 9.17) is 0 Å². The summed E-state index contributed by atoms with van der Waals surface area (Å²) in [4.78, 5) is 0. The van der Waals surface area contributed by atoms with Crippen molar-refractivity contribution in [1.29, 1.82) is 0 Å². The molecule has 1 aliphatic rings. The molecule has 0 aliphatic carbocycles. The van der Waals surface area contributed by atoms with E-state index >= 15 is 0 Å². The maximum atomic E-state index is 12.6. The van der Waals surface area contributed by atoms with Crippen LogP contribution in [0.4, 0.5) is 0 Å². The van der Waals surface area contributed by atoms with Gasteiger partial charge >= 0.3 is 0 Å². The van der Waals surface area contributed by atoms with Crippen LogP contribution in [0.2, 0.25) is 0 Å². The summed E-state index contributed by atoms with van der Waals surface area (Å²) >= 11 is 4.40. The lowest BCUT2D eigenvalue weighted by Crippen LogP contribution is -2.42. The predicted molar refractivity (Wildman–Crippen MR) is 92.0 cm³/mol. The number of aryl methyl sites for hydroxylation is 1. The Morgan fingerprint density at radius 3 is 2.38 bits per heavy atom. The Bertz CT molecular complexity index is 943. The van der Waals surface area contributed by atoms with E-state index in [1.54, 1.807) is 19.2 Å². The quantitative estimate of drug-likeness (QED) is 0.688. The van der Waals surface area contributed by atoms with Gasteiger partial charge in [0.05, 0.1) is 9.04 Å². The van der Waals surface area contributed by atoms with Crippen LogP contribution in [-0.2, 0) is 26.9 Å². The molecule has 132 valence electrons. The van der Waals surface area contributed by atoms with E-state index in [1.165, 1.54) is 15.2 Å². The average molecular weight is 455 g/mol. The summed E-state index contributed by atoms with van der Waals surface area (Å²) in [6.07, 6.45) is 1.81. The van der Waals surface area contributed by atoms with Gasteiger partial charge in [-0.25, -0.2) is 16.8 Å². The molecule has 3 rings (SSSR count). The fourth-order valence-corrected chi connectivity index (χ4v) is 8.00. The molecule has 1 saturated heterocycles. The molecular weight excluding hydrogens is 440 g/mol. The van der Waals surface area contributed by atoms with Gasteiger partial charge in [-0.05, 0) is 40.9 Å². The highest BCUT2D eigenvalue weighted by atomic mass is 79.9. The number of rotatable bonds is 4. The molecule has 0 bridgehead atoms. The minimum Gasteiger partial charge on any atom is -0.308 e. The highest BCUT2D eigenvalue weighted by molar-refractivity contribution is 9.11. The summed E-state index contributed by atoms with van der Waals surface area (Å²) in [6, 6.07) is 3.23. The maximum Gasteiger partial charge on any atom is 0.252 e. The molecule has 0 amide bonds. The number of sulfonamides is 1. The van der Waals surface area contributed by atoms with Crippen molar-refractivity contribution in [3.63, 3.8) is 0 Å². The third-order valence-corrected chi connectivity index (χ3v) is 10.1. The SMILES string of the molecule is Cn1cnnc1S(=O)(=O)C1CCN(S(=O)(=O)c2ccc(Br)s2)CC1. The van der Waals surface area contributed by atoms with E-state index in [0.717, 1.165) is 15.1 Å². The van der Waals surface area contributed by atoms with Gasteiger partial charge in [0, 0.05) is 20.1 Å². The largest absolute Gasteiger partial charge is 0.308 e. The van der Waals surface area contributed by atoms with Gasteiger partial charge < -0.3 is 4.57 Å². The number of sulfone groups is 1. The maximum absolute atomic E-state index is 12.6. The topological polar surface area (TPSA) is 102 Å². The second kappa shape index (κ2) is 6.48. The second-order valence-electron chi connectivity index (χ2n) is 5.43. The van der Waals surface area contributed by atoms with Crippen LogP contribution in [0.3, 0.4) is 0 Å². The first kappa shape index (κ1) is 18.0. The van der Waals surface area contributed by atoms with Crippen LogP contribution in [-0.4, -0.2) is 54.2 Å². The summed E-state index contributed by atoms with van der Waals surface area (Å²) < 4.78 is 54.1. The Hall–Kier alpha value is -0.820. The first-order chi connectivity index (χ1) is 11.2. The molecule has 0 radical (unpaired) electrons. The number of hydrogen-bond acceptors (Lipinski definition) is 7. The molecule has 24 heavy (non-hydrogen) atoms. The van der Waals surface area contributed by atoms with E-state index in [9.17, 15) is 16.8 Å². The van der Waals surface area contributed by atoms with Crippen molar-refractivity contribution in [3.05, 3.63) is 22.2 Å². The average Bonchev–Trinajstić information content (AvgIpc) is 3.16. The van der Waals surface area contributed by atoms with Crippen LogP contribution >= 0.6 is 27.3 Å². The number of halogens is 1.